The van der Waals surface area contributed by atoms with Gasteiger partial charge >= 0.3 is 0 Å². The van der Waals surface area contributed by atoms with E-state index in [0.29, 0.717) is 22.8 Å². The van der Waals surface area contributed by atoms with Crippen molar-refractivity contribution < 1.29 is 0 Å². The summed E-state index contributed by atoms with van der Waals surface area (Å²) in [5.74, 6) is 1.08. The molecule has 0 saturated heterocycles. The summed E-state index contributed by atoms with van der Waals surface area (Å²) in [6.07, 6.45) is 0.916. The van der Waals surface area contributed by atoms with Crippen LogP contribution >= 0.6 is 0 Å². The van der Waals surface area contributed by atoms with Gasteiger partial charge in [0.2, 0.25) is 5.95 Å². The molecule has 0 saturated carbocycles. The topological polar surface area (TPSA) is 90.7 Å². The normalized spacial score (nSPS) is 11.2. The highest BCUT2D eigenvalue weighted by Crippen LogP contribution is 2.17. The van der Waals surface area contributed by atoms with Crippen LogP contribution in [0.4, 0.5) is 11.8 Å². The quantitative estimate of drug-likeness (QED) is 0.793. The van der Waals surface area contributed by atoms with Crippen LogP contribution in [-0.2, 0) is 6.42 Å². The van der Waals surface area contributed by atoms with E-state index in [-0.39, 0.29) is 5.95 Å². The van der Waals surface area contributed by atoms with Crippen LogP contribution in [0.25, 0.3) is 11.0 Å². The van der Waals surface area contributed by atoms with Crippen LogP contribution in [0.15, 0.2) is 12.1 Å². The van der Waals surface area contributed by atoms with Crippen LogP contribution in [0.1, 0.15) is 19.5 Å². The average Bonchev–Trinajstić information content (AvgIpc) is 2.18. The Morgan fingerprint density at radius 3 is 2.56 bits per heavy atom. The van der Waals surface area contributed by atoms with Crippen molar-refractivity contribution in [3.05, 3.63) is 17.8 Å². The fourth-order valence-electron chi connectivity index (χ4n) is 1.63. The maximum Gasteiger partial charge on any atom is 0.222 e. The molecule has 4 N–H and O–H groups in total. The summed E-state index contributed by atoms with van der Waals surface area (Å²) in [7, 11) is 0. The van der Waals surface area contributed by atoms with E-state index in [2.05, 4.69) is 28.8 Å². The minimum Gasteiger partial charge on any atom is -0.382 e. The number of rotatable bonds is 2. The molecule has 0 fully saturated rings. The molecule has 0 aromatic carbocycles. The maximum absolute atomic E-state index is 5.76. The van der Waals surface area contributed by atoms with Crippen LogP contribution < -0.4 is 11.5 Å². The highest BCUT2D eigenvalue weighted by atomic mass is 15.0. The van der Waals surface area contributed by atoms with Crippen molar-refractivity contribution in [3.63, 3.8) is 0 Å². The van der Waals surface area contributed by atoms with Gasteiger partial charge in [0, 0.05) is 5.69 Å². The molecule has 0 aliphatic carbocycles. The molecule has 0 atom stereocenters. The summed E-state index contributed by atoms with van der Waals surface area (Å²) in [5.41, 5.74) is 13.6. The lowest BCUT2D eigenvalue weighted by Gasteiger charge is -2.06. The Morgan fingerprint density at radius 1 is 1.12 bits per heavy atom. The summed E-state index contributed by atoms with van der Waals surface area (Å²) < 4.78 is 0. The van der Waals surface area contributed by atoms with Crippen molar-refractivity contribution in [1.29, 1.82) is 0 Å². The molecule has 2 heterocycles. The van der Waals surface area contributed by atoms with E-state index < -0.39 is 0 Å². The van der Waals surface area contributed by atoms with Crippen molar-refractivity contribution >= 4 is 22.8 Å². The summed E-state index contributed by atoms with van der Waals surface area (Å²) >= 11 is 0. The van der Waals surface area contributed by atoms with Gasteiger partial charge in [-0.05, 0) is 24.5 Å². The second-order valence-corrected chi connectivity index (χ2v) is 4.24. The third kappa shape index (κ3) is 2.03. The molecular weight excluding hydrogens is 202 g/mol. The van der Waals surface area contributed by atoms with Gasteiger partial charge in [-0.3, -0.25) is 0 Å². The predicted octanol–water partition coefficient (Wildman–Crippen LogP) is 1.39. The molecule has 0 amide bonds. The summed E-state index contributed by atoms with van der Waals surface area (Å²) in [4.78, 5) is 12.4. The zero-order valence-electron chi connectivity index (χ0n) is 9.44. The van der Waals surface area contributed by atoms with E-state index >= 15 is 0 Å². The van der Waals surface area contributed by atoms with Crippen LogP contribution in [0.3, 0.4) is 0 Å². The van der Waals surface area contributed by atoms with Crippen molar-refractivity contribution in [2.75, 3.05) is 11.5 Å². The number of anilines is 2. The monoisotopic (exact) mass is 217 g/mol. The first-order valence-corrected chi connectivity index (χ1v) is 5.25. The van der Waals surface area contributed by atoms with E-state index in [0.717, 1.165) is 12.1 Å². The molecule has 2 rings (SSSR count). The molecule has 0 unspecified atom stereocenters. The lowest BCUT2D eigenvalue weighted by atomic mass is 10.1. The first-order chi connectivity index (χ1) is 7.56. The number of nitrogens with zero attached hydrogens (tertiary/aromatic N) is 3. The largest absolute Gasteiger partial charge is 0.382 e. The Balaban J connectivity index is 2.53. The SMILES string of the molecule is CC(C)Cc1ccc2nc(N)nc(N)c2n1. The molecule has 0 bridgehead atoms. The lowest BCUT2D eigenvalue weighted by Crippen LogP contribution is -2.04. The Hall–Kier alpha value is -1.91. The van der Waals surface area contributed by atoms with Crippen LogP contribution in [0.2, 0.25) is 0 Å². The summed E-state index contributed by atoms with van der Waals surface area (Å²) in [6, 6.07) is 3.84. The third-order valence-electron chi connectivity index (χ3n) is 2.26. The van der Waals surface area contributed by atoms with Crippen molar-refractivity contribution in [2.45, 2.75) is 20.3 Å². The van der Waals surface area contributed by atoms with Gasteiger partial charge < -0.3 is 11.5 Å². The van der Waals surface area contributed by atoms with Crippen molar-refractivity contribution in [1.82, 2.24) is 15.0 Å². The van der Waals surface area contributed by atoms with Gasteiger partial charge in [0.25, 0.3) is 0 Å². The molecule has 16 heavy (non-hydrogen) atoms. The maximum atomic E-state index is 5.76. The number of nitrogens with two attached hydrogens (primary N) is 2. The van der Waals surface area contributed by atoms with Gasteiger partial charge in [-0.25, -0.2) is 9.97 Å². The molecular formula is C11H15N5. The summed E-state index contributed by atoms with van der Waals surface area (Å²) in [5, 5.41) is 0. The second kappa shape index (κ2) is 3.92. The molecule has 0 aliphatic rings. The van der Waals surface area contributed by atoms with Gasteiger partial charge in [-0.15, -0.1) is 0 Å². The van der Waals surface area contributed by atoms with E-state index in [4.69, 9.17) is 11.5 Å². The number of aromatic nitrogens is 3. The first-order valence-electron chi connectivity index (χ1n) is 5.25. The average molecular weight is 217 g/mol. The smallest absolute Gasteiger partial charge is 0.222 e. The number of nitrogen functional groups attached to an aromatic ring is 2. The fraction of sp³-hybridized carbons (Fsp3) is 0.364. The molecule has 84 valence electrons. The highest BCUT2D eigenvalue weighted by molar-refractivity contribution is 5.84. The highest BCUT2D eigenvalue weighted by Gasteiger charge is 2.06. The van der Waals surface area contributed by atoms with Gasteiger partial charge in [0.15, 0.2) is 5.82 Å². The molecule has 2 aromatic heterocycles. The third-order valence-corrected chi connectivity index (χ3v) is 2.26. The molecule has 2 aromatic rings. The van der Waals surface area contributed by atoms with Crippen LogP contribution in [-0.4, -0.2) is 15.0 Å². The van der Waals surface area contributed by atoms with E-state index in [1.165, 1.54) is 0 Å². The summed E-state index contributed by atoms with van der Waals surface area (Å²) in [6.45, 7) is 4.30. The van der Waals surface area contributed by atoms with Crippen LogP contribution in [0, 0.1) is 5.92 Å². The zero-order chi connectivity index (χ0) is 11.7. The van der Waals surface area contributed by atoms with Crippen LogP contribution in [0.5, 0.6) is 0 Å². The Labute approximate surface area is 93.9 Å². The van der Waals surface area contributed by atoms with E-state index in [9.17, 15) is 0 Å². The van der Waals surface area contributed by atoms with Gasteiger partial charge in [0.05, 0.1) is 5.52 Å². The Kier molecular flexibility index (Phi) is 2.60. The molecule has 5 heteroatoms. The number of hydrogen-bond acceptors (Lipinski definition) is 5. The minimum atomic E-state index is 0.184. The standard InChI is InChI=1S/C11H15N5/c1-6(2)5-7-3-4-8-9(14-7)10(12)16-11(13)15-8/h3-4,6H,5H2,1-2H3,(H4,12,13,15,16). The molecule has 5 nitrogen and oxygen atoms in total. The molecule has 0 radical (unpaired) electrons. The zero-order valence-corrected chi connectivity index (χ0v) is 9.44. The second-order valence-electron chi connectivity index (χ2n) is 4.24. The fourth-order valence-corrected chi connectivity index (χ4v) is 1.63. The van der Waals surface area contributed by atoms with Gasteiger partial charge in [-0.1, -0.05) is 13.8 Å². The molecule has 0 aliphatic heterocycles. The number of pyridine rings is 1. The van der Waals surface area contributed by atoms with Gasteiger partial charge in [0.1, 0.15) is 5.52 Å². The van der Waals surface area contributed by atoms with Crippen molar-refractivity contribution in [2.24, 2.45) is 5.92 Å². The molecule has 0 spiro atoms. The first kappa shape index (κ1) is 10.6. The Bertz CT molecular complexity index is 521. The predicted molar refractivity (Wildman–Crippen MR) is 64.7 cm³/mol. The van der Waals surface area contributed by atoms with E-state index in [1.807, 2.05) is 12.1 Å². The number of fused-ring (bicyclic) bond motifs is 1. The van der Waals surface area contributed by atoms with E-state index in [1.54, 1.807) is 0 Å². The van der Waals surface area contributed by atoms with Gasteiger partial charge in [-0.2, -0.15) is 4.98 Å². The lowest BCUT2D eigenvalue weighted by molar-refractivity contribution is 0.637. The minimum absolute atomic E-state index is 0.184. The van der Waals surface area contributed by atoms with Crippen molar-refractivity contribution in [3.8, 4) is 0 Å². The Morgan fingerprint density at radius 2 is 1.88 bits per heavy atom. The number of hydrogen-bond donors (Lipinski definition) is 2.